The van der Waals surface area contributed by atoms with Crippen LogP contribution in [-0.4, -0.2) is 0 Å². The maximum absolute atomic E-state index is 14.8. The van der Waals surface area contributed by atoms with Gasteiger partial charge in [-0.25, -0.2) is 8.78 Å². The van der Waals surface area contributed by atoms with E-state index in [9.17, 15) is 8.78 Å². The lowest BCUT2D eigenvalue weighted by molar-refractivity contribution is 0.352. The van der Waals surface area contributed by atoms with Gasteiger partial charge >= 0.3 is 0 Å². The Morgan fingerprint density at radius 3 is 2.35 bits per heavy atom. The molecular weight excluding hydrogens is 310 g/mol. The summed E-state index contributed by atoms with van der Waals surface area (Å²) in [4.78, 5) is 1.21. The van der Waals surface area contributed by atoms with Crippen molar-refractivity contribution in [3.05, 3.63) is 64.7 Å². The van der Waals surface area contributed by atoms with Crippen LogP contribution in [0.15, 0.2) is 41.3 Å². The Balaban J connectivity index is 2.07. The third kappa shape index (κ3) is 2.24. The van der Waals surface area contributed by atoms with E-state index < -0.39 is 11.6 Å². The molecule has 0 amide bonds. The Kier molecular flexibility index (Phi) is 3.19. The summed E-state index contributed by atoms with van der Waals surface area (Å²) in [7, 11) is 0. The topological polar surface area (TPSA) is 0 Å². The van der Waals surface area contributed by atoms with Crippen LogP contribution in [0.1, 0.15) is 56.2 Å². The van der Waals surface area contributed by atoms with Gasteiger partial charge in [-0.15, -0.1) is 11.8 Å². The van der Waals surface area contributed by atoms with Crippen LogP contribution in [0.3, 0.4) is 0 Å². The Morgan fingerprint density at radius 1 is 1.00 bits per heavy atom. The van der Waals surface area contributed by atoms with Crippen molar-refractivity contribution >= 4 is 11.8 Å². The zero-order valence-electron chi connectivity index (χ0n) is 13.6. The molecule has 0 saturated heterocycles. The zero-order valence-corrected chi connectivity index (χ0v) is 14.4. The molecule has 1 fully saturated rings. The molecule has 1 unspecified atom stereocenters. The van der Waals surface area contributed by atoms with Crippen LogP contribution in [0.25, 0.3) is 0 Å². The molecule has 0 N–H and O–H groups in total. The van der Waals surface area contributed by atoms with E-state index in [4.69, 9.17) is 0 Å². The number of fused-ring (bicyclic) bond motifs is 3. The van der Waals surface area contributed by atoms with E-state index in [0.717, 1.165) is 18.4 Å². The van der Waals surface area contributed by atoms with Crippen molar-refractivity contribution in [1.82, 2.24) is 0 Å². The van der Waals surface area contributed by atoms with Crippen LogP contribution in [0.4, 0.5) is 8.78 Å². The van der Waals surface area contributed by atoms with Crippen molar-refractivity contribution in [2.24, 2.45) is 5.41 Å². The normalized spacial score (nSPS) is 21.5. The minimum atomic E-state index is -0.728. The molecule has 1 spiro atoms. The first kappa shape index (κ1) is 15.2. The van der Waals surface area contributed by atoms with Gasteiger partial charge in [-0.05, 0) is 41.5 Å². The predicted molar refractivity (Wildman–Crippen MR) is 90.9 cm³/mol. The standard InChI is InChI=1S/C20H20F2S/c1-19(2,3)16-12-6-4-5-7-15(12)23-20(10-11-20)17-13(16)8-9-14(21)18(17)22/h4-9,16H,10-11H2,1-3H3. The third-order valence-electron chi connectivity index (χ3n) is 5.00. The summed E-state index contributed by atoms with van der Waals surface area (Å²) in [5.74, 6) is -1.31. The second kappa shape index (κ2) is 4.83. The van der Waals surface area contributed by atoms with Gasteiger partial charge < -0.3 is 0 Å². The quantitative estimate of drug-likeness (QED) is 0.551. The fraction of sp³-hybridized carbons (Fsp3) is 0.400. The SMILES string of the molecule is CC(C)(C)C1c2ccccc2SC2(CC2)c2c1ccc(F)c2F. The van der Waals surface area contributed by atoms with Gasteiger partial charge in [0.2, 0.25) is 0 Å². The summed E-state index contributed by atoms with van der Waals surface area (Å²) >= 11 is 1.72. The Hall–Kier alpha value is -1.35. The van der Waals surface area contributed by atoms with E-state index in [1.807, 2.05) is 18.2 Å². The molecule has 0 aromatic heterocycles. The highest BCUT2D eigenvalue weighted by molar-refractivity contribution is 8.00. The molecule has 2 aromatic carbocycles. The summed E-state index contributed by atoms with van der Waals surface area (Å²) < 4.78 is 28.5. The molecule has 2 aromatic rings. The maximum atomic E-state index is 14.8. The van der Waals surface area contributed by atoms with Crippen LogP contribution in [0.2, 0.25) is 0 Å². The van der Waals surface area contributed by atoms with Crippen molar-refractivity contribution in [2.75, 3.05) is 0 Å². The molecule has 2 aliphatic rings. The van der Waals surface area contributed by atoms with Gasteiger partial charge in [0.25, 0.3) is 0 Å². The van der Waals surface area contributed by atoms with Crippen molar-refractivity contribution in [3.63, 3.8) is 0 Å². The van der Waals surface area contributed by atoms with E-state index in [-0.39, 0.29) is 16.1 Å². The zero-order chi connectivity index (χ0) is 16.4. The van der Waals surface area contributed by atoms with Crippen LogP contribution in [0, 0.1) is 17.0 Å². The second-order valence-electron chi connectivity index (χ2n) is 7.76. The molecule has 1 aliphatic heterocycles. The van der Waals surface area contributed by atoms with Crippen LogP contribution in [-0.2, 0) is 4.75 Å². The second-order valence-corrected chi connectivity index (χ2v) is 9.18. The molecule has 120 valence electrons. The number of benzene rings is 2. The van der Waals surface area contributed by atoms with Gasteiger partial charge in [0.05, 0.1) is 0 Å². The summed E-state index contributed by atoms with van der Waals surface area (Å²) in [6, 6.07) is 11.5. The lowest BCUT2D eigenvalue weighted by atomic mass is 9.71. The highest BCUT2D eigenvalue weighted by Crippen LogP contribution is 2.65. The Bertz CT molecular complexity index is 785. The molecule has 4 rings (SSSR count). The smallest absolute Gasteiger partial charge is 0.163 e. The molecule has 0 nitrogen and oxygen atoms in total. The fourth-order valence-electron chi connectivity index (χ4n) is 3.91. The van der Waals surface area contributed by atoms with Crippen molar-refractivity contribution in [3.8, 4) is 0 Å². The average molecular weight is 330 g/mol. The van der Waals surface area contributed by atoms with Gasteiger partial charge in [0.1, 0.15) is 0 Å². The largest absolute Gasteiger partial charge is 0.204 e. The number of rotatable bonds is 0. The highest BCUT2D eigenvalue weighted by atomic mass is 32.2. The molecule has 0 bridgehead atoms. The fourth-order valence-corrected chi connectivity index (χ4v) is 5.40. The van der Waals surface area contributed by atoms with Crippen LogP contribution >= 0.6 is 11.8 Å². The first-order valence-corrected chi connectivity index (χ1v) is 8.91. The molecule has 1 saturated carbocycles. The summed E-state index contributed by atoms with van der Waals surface area (Å²) in [6.45, 7) is 6.53. The molecular formula is C20H20F2S. The monoisotopic (exact) mass is 330 g/mol. The number of halogens is 2. The van der Waals surface area contributed by atoms with E-state index in [2.05, 4.69) is 32.9 Å². The molecule has 1 atom stereocenters. The maximum Gasteiger partial charge on any atom is 0.163 e. The third-order valence-corrected chi connectivity index (χ3v) is 6.59. The number of hydrogen-bond donors (Lipinski definition) is 0. The highest BCUT2D eigenvalue weighted by Gasteiger charge is 2.52. The van der Waals surface area contributed by atoms with Gasteiger partial charge in [-0.3, -0.25) is 0 Å². The van der Waals surface area contributed by atoms with Crippen molar-refractivity contribution in [2.45, 2.75) is 49.2 Å². The van der Waals surface area contributed by atoms with E-state index >= 15 is 0 Å². The summed E-state index contributed by atoms with van der Waals surface area (Å²) in [5.41, 5.74) is 2.74. The van der Waals surface area contributed by atoms with Gasteiger partial charge in [-0.2, -0.15) is 0 Å². The summed E-state index contributed by atoms with van der Waals surface area (Å²) in [6.07, 6.45) is 1.83. The van der Waals surface area contributed by atoms with E-state index in [1.165, 1.54) is 16.5 Å². The van der Waals surface area contributed by atoms with Gasteiger partial charge in [0.15, 0.2) is 11.6 Å². The molecule has 1 heterocycles. The summed E-state index contributed by atoms with van der Waals surface area (Å²) in [5, 5.41) is 0. The molecule has 0 radical (unpaired) electrons. The lowest BCUT2D eigenvalue weighted by Gasteiger charge is -2.33. The lowest BCUT2D eigenvalue weighted by Crippen LogP contribution is -2.22. The van der Waals surface area contributed by atoms with E-state index in [0.29, 0.717) is 5.56 Å². The molecule has 3 heteroatoms. The Morgan fingerprint density at radius 2 is 1.70 bits per heavy atom. The minimum absolute atomic E-state index is 0.0660. The number of thioether (sulfide) groups is 1. The first-order valence-electron chi connectivity index (χ1n) is 8.10. The van der Waals surface area contributed by atoms with Gasteiger partial charge in [0, 0.05) is 21.1 Å². The average Bonchev–Trinajstić information content (AvgIpc) is 3.25. The minimum Gasteiger partial charge on any atom is -0.204 e. The first-order chi connectivity index (χ1) is 10.8. The van der Waals surface area contributed by atoms with Crippen LogP contribution < -0.4 is 0 Å². The van der Waals surface area contributed by atoms with Crippen molar-refractivity contribution in [1.29, 1.82) is 0 Å². The predicted octanol–water partition coefficient (Wildman–Crippen LogP) is 6.24. The molecule has 1 aliphatic carbocycles. The molecule has 23 heavy (non-hydrogen) atoms. The Labute approximate surface area is 140 Å². The number of hydrogen-bond acceptors (Lipinski definition) is 1. The van der Waals surface area contributed by atoms with E-state index in [1.54, 1.807) is 11.8 Å². The van der Waals surface area contributed by atoms with Gasteiger partial charge in [-0.1, -0.05) is 45.0 Å². The van der Waals surface area contributed by atoms with Crippen molar-refractivity contribution < 1.29 is 8.78 Å². The van der Waals surface area contributed by atoms with Crippen LogP contribution in [0.5, 0.6) is 0 Å².